The zero-order valence-corrected chi connectivity index (χ0v) is 14.4. The van der Waals surface area contributed by atoms with Crippen LogP contribution in [0.3, 0.4) is 0 Å². The molecule has 1 aromatic carbocycles. The molecule has 0 aliphatic heterocycles. The molecular weight excluding hydrogens is 332 g/mol. The van der Waals surface area contributed by atoms with Gasteiger partial charge in [-0.05, 0) is 30.5 Å². The van der Waals surface area contributed by atoms with Crippen LogP contribution in [0, 0.1) is 5.92 Å². The van der Waals surface area contributed by atoms with Crippen molar-refractivity contribution in [2.45, 2.75) is 32.7 Å². The highest BCUT2D eigenvalue weighted by atomic mass is 79.9. The van der Waals surface area contributed by atoms with E-state index in [0.717, 1.165) is 19.4 Å². The van der Waals surface area contributed by atoms with E-state index < -0.39 is 0 Å². The monoisotopic (exact) mass is 352 g/mol. The Morgan fingerprint density at radius 3 is 2.70 bits per heavy atom. The number of hydrogen-bond donors (Lipinski definition) is 1. The molecule has 1 heterocycles. The van der Waals surface area contributed by atoms with Gasteiger partial charge in [0.25, 0.3) is 0 Å². The maximum atomic E-state index is 4.43. The summed E-state index contributed by atoms with van der Waals surface area (Å²) in [5.74, 6) is 0.572. The lowest BCUT2D eigenvalue weighted by molar-refractivity contribution is 0.443. The Morgan fingerprint density at radius 1 is 1.25 bits per heavy atom. The predicted octanol–water partition coefficient (Wildman–Crippen LogP) is 4.31. The third-order valence-corrected chi connectivity index (χ3v) is 4.80. The topological polar surface area (TPSA) is 24.9 Å². The normalized spacial score (nSPS) is 12.8. The molecule has 0 spiro atoms. The molecule has 20 heavy (non-hydrogen) atoms. The molecule has 0 saturated heterocycles. The number of halogens is 1. The van der Waals surface area contributed by atoms with Crippen molar-refractivity contribution in [3.05, 3.63) is 50.9 Å². The van der Waals surface area contributed by atoms with Gasteiger partial charge in [-0.1, -0.05) is 48.0 Å². The Hall–Kier alpha value is -0.710. The lowest BCUT2D eigenvalue weighted by atomic mass is 9.96. The number of aromatic nitrogens is 1. The third-order valence-electron chi connectivity index (χ3n) is 3.23. The number of hydrogen-bond acceptors (Lipinski definition) is 3. The summed E-state index contributed by atoms with van der Waals surface area (Å²) in [5.41, 5.74) is 1.37. The molecule has 2 rings (SSSR count). The Labute approximate surface area is 133 Å². The fraction of sp³-hybridized carbons (Fsp3) is 0.438. The fourth-order valence-corrected chi connectivity index (χ4v) is 3.37. The molecule has 1 atom stereocenters. The second-order valence-electron chi connectivity index (χ2n) is 5.35. The Bertz CT molecular complexity index is 511. The first-order valence-electron chi connectivity index (χ1n) is 7.00. The zero-order chi connectivity index (χ0) is 14.4. The van der Waals surface area contributed by atoms with Crippen LogP contribution in [0.4, 0.5) is 0 Å². The van der Waals surface area contributed by atoms with Crippen molar-refractivity contribution in [3.63, 3.8) is 0 Å². The van der Waals surface area contributed by atoms with Gasteiger partial charge in [0.05, 0.1) is 5.01 Å². The summed E-state index contributed by atoms with van der Waals surface area (Å²) in [7, 11) is 0. The molecule has 1 aromatic heterocycles. The van der Waals surface area contributed by atoms with Crippen LogP contribution in [-0.2, 0) is 12.8 Å². The van der Waals surface area contributed by atoms with Crippen LogP contribution < -0.4 is 5.32 Å². The molecule has 1 N–H and O–H groups in total. The van der Waals surface area contributed by atoms with Gasteiger partial charge in [-0.2, -0.15) is 0 Å². The first-order valence-corrected chi connectivity index (χ1v) is 8.67. The first kappa shape index (κ1) is 15.7. The molecule has 0 saturated carbocycles. The highest BCUT2D eigenvalue weighted by Crippen LogP contribution is 2.22. The molecule has 4 heteroatoms. The van der Waals surface area contributed by atoms with E-state index in [2.05, 4.69) is 69.7 Å². The van der Waals surface area contributed by atoms with E-state index in [1.165, 1.54) is 15.0 Å². The van der Waals surface area contributed by atoms with E-state index in [4.69, 9.17) is 0 Å². The van der Waals surface area contributed by atoms with Crippen molar-refractivity contribution in [2.24, 2.45) is 5.92 Å². The number of thiazole rings is 1. The number of nitrogens with zero attached hydrogens (tertiary/aromatic N) is 1. The smallest absolute Gasteiger partial charge is 0.0928 e. The highest BCUT2D eigenvalue weighted by molar-refractivity contribution is 9.10. The molecule has 0 radical (unpaired) electrons. The van der Waals surface area contributed by atoms with Crippen molar-refractivity contribution in [1.82, 2.24) is 10.3 Å². The van der Waals surface area contributed by atoms with Crippen molar-refractivity contribution in [3.8, 4) is 0 Å². The molecule has 1 unspecified atom stereocenters. The molecule has 108 valence electrons. The molecule has 2 aromatic rings. The quantitative estimate of drug-likeness (QED) is 0.803. The molecule has 0 amide bonds. The van der Waals surface area contributed by atoms with Gasteiger partial charge in [0.2, 0.25) is 0 Å². The van der Waals surface area contributed by atoms with E-state index in [9.17, 15) is 0 Å². The number of rotatable bonds is 7. The van der Waals surface area contributed by atoms with Crippen LogP contribution in [0.25, 0.3) is 0 Å². The van der Waals surface area contributed by atoms with Crippen molar-refractivity contribution in [2.75, 3.05) is 6.54 Å². The van der Waals surface area contributed by atoms with Crippen molar-refractivity contribution in [1.29, 1.82) is 0 Å². The summed E-state index contributed by atoms with van der Waals surface area (Å²) in [5, 5.41) is 6.84. The molecule has 0 fully saturated rings. The average Bonchev–Trinajstić information content (AvgIpc) is 2.91. The SMILES string of the molecule is CC(C)NCC(Cc1nccs1)Cc1ccccc1Br. The molecule has 0 aliphatic rings. The summed E-state index contributed by atoms with van der Waals surface area (Å²) >= 11 is 5.40. The minimum atomic E-state index is 0.521. The van der Waals surface area contributed by atoms with Crippen LogP contribution in [-0.4, -0.2) is 17.6 Å². The number of nitrogens with one attached hydrogen (secondary N) is 1. The van der Waals surface area contributed by atoms with E-state index in [1.54, 1.807) is 11.3 Å². The maximum absolute atomic E-state index is 4.43. The van der Waals surface area contributed by atoms with Gasteiger partial charge in [-0.15, -0.1) is 11.3 Å². The van der Waals surface area contributed by atoms with Crippen molar-refractivity contribution >= 4 is 27.3 Å². The molecule has 0 aliphatic carbocycles. The van der Waals surface area contributed by atoms with Crippen LogP contribution in [0.15, 0.2) is 40.3 Å². The summed E-state index contributed by atoms with van der Waals surface area (Å²) < 4.78 is 1.20. The van der Waals surface area contributed by atoms with Gasteiger partial charge in [0.1, 0.15) is 0 Å². The van der Waals surface area contributed by atoms with Gasteiger partial charge >= 0.3 is 0 Å². The van der Waals surface area contributed by atoms with Gasteiger partial charge in [-0.3, -0.25) is 0 Å². The standard InChI is InChI=1S/C16H21BrN2S/c1-12(2)19-11-13(10-16-18-7-8-20-16)9-14-5-3-4-6-15(14)17/h3-8,12-13,19H,9-11H2,1-2H3. The minimum absolute atomic E-state index is 0.521. The fourth-order valence-electron chi connectivity index (χ4n) is 2.19. The van der Waals surface area contributed by atoms with Gasteiger partial charge in [0, 0.05) is 28.5 Å². The van der Waals surface area contributed by atoms with Crippen LogP contribution >= 0.6 is 27.3 Å². The molecule has 2 nitrogen and oxygen atoms in total. The summed E-state index contributed by atoms with van der Waals surface area (Å²) in [4.78, 5) is 4.43. The Morgan fingerprint density at radius 2 is 2.05 bits per heavy atom. The molecular formula is C16H21BrN2S. The van der Waals surface area contributed by atoms with Crippen molar-refractivity contribution < 1.29 is 0 Å². The third kappa shape index (κ3) is 5.00. The van der Waals surface area contributed by atoms with E-state index in [1.807, 2.05) is 6.20 Å². The van der Waals surface area contributed by atoms with E-state index >= 15 is 0 Å². The lowest BCUT2D eigenvalue weighted by Crippen LogP contribution is -2.31. The Kier molecular flexibility index (Phi) is 6.20. The van der Waals surface area contributed by atoms with Crippen LogP contribution in [0.1, 0.15) is 24.4 Å². The largest absolute Gasteiger partial charge is 0.314 e. The second-order valence-corrected chi connectivity index (χ2v) is 7.19. The first-order chi connectivity index (χ1) is 9.65. The summed E-state index contributed by atoms with van der Waals surface area (Å²) in [6.45, 7) is 5.41. The number of benzene rings is 1. The van der Waals surface area contributed by atoms with E-state index in [-0.39, 0.29) is 0 Å². The summed E-state index contributed by atoms with van der Waals surface area (Å²) in [6.07, 6.45) is 4.00. The Balaban J connectivity index is 2.03. The molecule has 0 bridgehead atoms. The van der Waals surface area contributed by atoms with Gasteiger partial charge < -0.3 is 5.32 Å². The second kappa shape index (κ2) is 7.91. The van der Waals surface area contributed by atoms with Crippen LogP contribution in [0.5, 0.6) is 0 Å². The highest BCUT2D eigenvalue weighted by Gasteiger charge is 2.14. The van der Waals surface area contributed by atoms with E-state index in [0.29, 0.717) is 12.0 Å². The summed E-state index contributed by atoms with van der Waals surface area (Å²) in [6, 6.07) is 9.01. The van der Waals surface area contributed by atoms with Gasteiger partial charge in [-0.25, -0.2) is 4.98 Å². The average molecular weight is 353 g/mol. The van der Waals surface area contributed by atoms with Gasteiger partial charge in [0.15, 0.2) is 0 Å². The zero-order valence-electron chi connectivity index (χ0n) is 12.0. The van der Waals surface area contributed by atoms with Crippen LogP contribution in [0.2, 0.25) is 0 Å². The minimum Gasteiger partial charge on any atom is -0.314 e. The maximum Gasteiger partial charge on any atom is 0.0928 e. The predicted molar refractivity (Wildman–Crippen MR) is 90.3 cm³/mol. The lowest BCUT2D eigenvalue weighted by Gasteiger charge is -2.19.